The standard InChI is InChI=1S/C16H20N2O6S/c1-17(2)25(22,23)11-4-3-10-7-8-18(12(10)9-11)15(19)13-5-6-14(24-13)16(20)21/h3-4,9,13-14H,5-8H2,1-2H3,(H,20,21)/t13-,14+/m0/s1. The minimum absolute atomic E-state index is 0.117. The zero-order valence-corrected chi connectivity index (χ0v) is 14.8. The summed E-state index contributed by atoms with van der Waals surface area (Å²) < 4.78 is 31.1. The highest BCUT2D eigenvalue weighted by atomic mass is 32.2. The van der Waals surface area contributed by atoms with Crippen LogP contribution in [-0.2, 0) is 30.8 Å². The summed E-state index contributed by atoms with van der Waals surface area (Å²) in [6.07, 6.45) is -0.505. The van der Waals surface area contributed by atoms with E-state index in [-0.39, 0.29) is 10.8 Å². The number of carbonyl (C=O) groups is 2. The first kappa shape index (κ1) is 17.8. The van der Waals surface area contributed by atoms with Gasteiger partial charge < -0.3 is 14.7 Å². The van der Waals surface area contributed by atoms with E-state index in [0.717, 1.165) is 9.87 Å². The third kappa shape index (κ3) is 3.14. The Bertz CT molecular complexity index is 820. The van der Waals surface area contributed by atoms with Gasteiger partial charge in [0.2, 0.25) is 10.0 Å². The number of fused-ring (bicyclic) bond motifs is 1. The van der Waals surface area contributed by atoms with Crippen molar-refractivity contribution in [3.63, 3.8) is 0 Å². The fraction of sp³-hybridized carbons (Fsp3) is 0.500. The van der Waals surface area contributed by atoms with Crippen molar-refractivity contribution in [3.8, 4) is 0 Å². The van der Waals surface area contributed by atoms with Gasteiger partial charge in [-0.05, 0) is 37.0 Å². The molecule has 2 atom stereocenters. The van der Waals surface area contributed by atoms with Gasteiger partial charge in [-0.25, -0.2) is 17.5 Å². The molecule has 0 saturated carbocycles. The Balaban J connectivity index is 1.86. The molecule has 1 aromatic carbocycles. The van der Waals surface area contributed by atoms with Gasteiger partial charge >= 0.3 is 5.97 Å². The molecule has 0 bridgehead atoms. The van der Waals surface area contributed by atoms with Crippen LogP contribution in [-0.4, -0.2) is 62.6 Å². The van der Waals surface area contributed by atoms with Crippen LogP contribution in [0.5, 0.6) is 0 Å². The van der Waals surface area contributed by atoms with Crippen molar-refractivity contribution in [1.82, 2.24) is 4.31 Å². The number of anilines is 1. The van der Waals surface area contributed by atoms with Crippen LogP contribution in [0.15, 0.2) is 23.1 Å². The molecule has 1 fully saturated rings. The van der Waals surface area contributed by atoms with Crippen LogP contribution in [0.4, 0.5) is 5.69 Å². The van der Waals surface area contributed by atoms with Crippen molar-refractivity contribution in [3.05, 3.63) is 23.8 Å². The number of aliphatic carboxylic acids is 1. The fourth-order valence-corrected chi connectivity index (χ4v) is 4.06. The van der Waals surface area contributed by atoms with Crippen molar-refractivity contribution in [2.75, 3.05) is 25.5 Å². The summed E-state index contributed by atoms with van der Waals surface area (Å²) in [5.74, 6) is -1.39. The smallest absolute Gasteiger partial charge is 0.332 e. The summed E-state index contributed by atoms with van der Waals surface area (Å²) in [7, 11) is -0.704. The summed E-state index contributed by atoms with van der Waals surface area (Å²) in [5, 5.41) is 8.99. The Morgan fingerprint density at radius 3 is 2.52 bits per heavy atom. The van der Waals surface area contributed by atoms with Crippen molar-refractivity contribution in [1.29, 1.82) is 0 Å². The normalized spacial score (nSPS) is 23.1. The maximum absolute atomic E-state index is 12.7. The van der Waals surface area contributed by atoms with Crippen molar-refractivity contribution in [2.24, 2.45) is 0 Å². The number of carbonyl (C=O) groups excluding carboxylic acids is 1. The first-order chi connectivity index (χ1) is 11.7. The molecule has 1 amide bonds. The summed E-state index contributed by atoms with van der Waals surface area (Å²) in [4.78, 5) is 25.3. The molecule has 1 aromatic rings. The average Bonchev–Trinajstić information content (AvgIpc) is 3.20. The van der Waals surface area contributed by atoms with Crippen LogP contribution in [0.2, 0.25) is 0 Å². The van der Waals surface area contributed by atoms with E-state index in [0.29, 0.717) is 31.5 Å². The molecule has 3 rings (SSSR count). The first-order valence-electron chi connectivity index (χ1n) is 7.97. The Morgan fingerprint density at radius 1 is 1.24 bits per heavy atom. The van der Waals surface area contributed by atoms with E-state index in [1.54, 1.807) is 6.07 Å². The molecule has 2 heterocycles. The monoisotopic (exact) mass is 368 g/mol. The van der Waals surface area contributed by atoms with Gasteiger partial charge in [-0.2, -0.15) is 0 Å². The highest BCUT2D eigenvalue weighted by Gasteiger charge is 2.39. The molecule has 0 spiro atoms. The fourth-order valence-electron chi connectivity index (χ4n) is 3.13. The number of sulfonamides is 1. The highest BCUT2D eigenvalue weighted by molar-refractivity contribution is 7.89. The molecule has 9 heteroatoms. The van der Waals surface area contributed by atoms with E-state index >= 15 is 0 Å². The number of hydrogen-bond donors (Lipinski definition) is 1. The lowest BCUT2D eigenvalue weighted by Crippen LogP contribution is -2.39. The molecule has 8 nitrogen and oxygen atoms in total. The molecule has 2 aliphatic rings. The van der Waals surface area contributed by atoms with Gasteiger partial charge in [0, 0.05) is 26.3 Å². The molecule has 1 N–H and O–H groups in total. The number of carboxylic acid groups (broad SMARTS) is 1. The molecule has 1 saturated heterocycles. The second-order valence-electron chi connectivity index (χ2n) is 6.35. The Morgan fingerprint density at radius 2 is 1.92 bits per heavy atom. The van der Waals surface area contributed by atoms with E-state index in [4.69, 9.17) is 9.84 Å². The maximum atomic E-state index is 12.7. The van der Waals surface area contributed by atoms with Crippen LogP contribution in [0.25, 0.3) is 0 Å². The highest BCUT2D eigenvalue weighted by Crippen LogP contribution is 2.33. The maximum Gasteiger partial charge on any atom is 0.332 e. The second-order valence-corrected chi connectivity index (χ2v) is 8.50. The molecule has 0 unspecified atom stereocenters. The van der Waals surface area contributed by atoms with Crippen molar-refractivity contribution < 1.29 is 27.9 Å². The van der Waals surface area contributed by atoms with E-state index < -0.39 is 28.2 Å². The van der Waals surface area contributed by atoms with Gasteiger partial charge in [0.25, 0.3) is 5.91 Å². The van der Waals surface area contributed by atoms with Gasteiger partial charge in [-0.1, -0.05) is 6.07 Å². The number of nitrogens with zero attached hydrogens (tertiary/aromatic N) is 2. The van der Waals surface area contributed by atoms with E-state index in [1.807, 2.05) is 0 Å². The molecule has 0 radical (unpaired) electrons. The largest absolute Gasteiger partial charge is 0.479 e. The lowest BCUT2D eigenvalue weighted by atomic mass is 10.1. The van der Waals surface area contributed by atoms with Crippen LogP contribution in [0.3, 0.4) is 0 Å². The molecular weight excluding hydrogens is 348 g/mol. The molecule has 0 aliphatic carbocycles. The number of hydrogen-bond acceptors (Lipinski definition) is 5. The van der Waals surface area contributed by atoms with Gasteiger partial charge in [-0.3, -0.25) is 4.79 Å². The first-order valence-corrected chi connectivity index (χ1v) is 9.41. The lowest BCUT2D eigenvalue weighted by molar-refractivity contribution is -0.151. The van der Waals surface area contributed by atoms with E-state index in [1.165, 1.54) is 31.1 Å². The van der Waals surface area contributed by atoms with E-state index in [9.17, 15) is 18.0 Å². The molecule has 2 aliphatic heterocycles. The minimum Gasteiger partial charge on any atom is -0.479 e. The van der Waals surface area contributed by atoms with Gasteiger partial charge in [0.05, 0.1) is 4.90 Å². The SMILES string of the molecule is CN(C)S(=O)(=O)c1ccc2c(c1)N(C(=O)[C@@H]1CC[C@H](C(=O)O)O1)CC2. The van der Waals surface area contributed by atoms with Crippen LogP contribution < -0.4 is 4.90 Å². The molecular formula is C16H20N2O6S. The van der Waals surface area contributed by atoms with Crippen LogP contribution >= 0.6 is 0 Å². The summed E-state index contributed by atoms with van der Waals surface area (Å²) in [6.45, 7) is 0.428. The van der Waals surface area contributed by atoms with E-state index in [2.05, 4.69) is 0 Å². The Kier molecular flexibility index (Phi) is 4.56. The Labute approximate surface area is 146 Å². The summed E-state index contributed by atoms with van der Waals surface area (Å²) in [5.41, 5.74) is 1.44. The second kappa shape index (κ2) is 6.40. The number of amides is 1. The number of carboxylic acids is 1. The third-order valence-electron chi connectivity index (χ3n) is 4.57. The lowest BCUT2D eigenvalue weighted by Gasteiger charge is -2.22. The third-order valence-corrected chi connectivity index (χ3v) is 6.38. The van der Waals surface area contributed by atoms with Gasteiger partial charge in [0.15, 0.2) is 6.10 Å². The number of benzene rings is 1. The Hall–Kier alpha value is -1.97. The van der Waals surface area contributed by atoms with Gasteiger partial charge in [0.1, 0.15) is 6.10 Å². The van der Waals surface area contributed by atoms with Crippen molar-refractivity contribution in [2.45, 2.75) is 36.4 Å². The molecule has 0 aromatic heterocycles. The van der Waals surface area contributed by atoms with Gasteiger partial charge in [-0.15, -0.1) is 0 Å². The topological polar surface area (TPSA) is 104 Å². The number of rotatable bonds is 4. The zero-order valence-electron chi connectivity index (χ0n) is 14.0. The summed E-state index contributed by atoms with van der Waals surface area (Å²) in [6, 6.07) is 4.75. The predicted octanol–water partition coefficient (Wildman–Crippen LogP) is 0.458. The van der Waals surface area contributed by atoms with Crippen LogP contribution in [0.1, 0.15) is 18.4 Å². The minimum atomic E-state index is -3.60. The van der Waals surface area contributed by atoms with Crippen molar-refractivity contribution >= 4 is 27.6 Å². The predicted molar refractivity (Wildman–Crippen MR) is 88.9 cm³/mol. The molecule has 25 heavy (non-hydrogen) atoms. The summed E-state index contributed by atoms with van der Waals surface area (Å²) >= 11 is 0. The zero-order chi connectivity index (χ0) is 18.4. The van der Waals surface area contributed by atoms with Crippen LogP contribution in [0, 0.1) is 0 Å². The number of ether oxygens (including phenoxy) is 1. The quantitative estimate of drug-likeness (QED) is 0.828. The molecule has 136 valence electrons. The average molecular weight is 368 g/mol.